The maximum Gasteiger partial charge on any atom is 1.00 e. The summed E-state index contributed by atoms with van der Waals surface area (Å²) in [5.74, 6) is 0. The number of para-hydroxylation sites is 2. The molecule has 12 heteroatoms. The Hall–Kier alpha value is -1.21. The van der Waals surface area contributed by atoms with Gasteiger partial charge < -0.3 is 19.7 Å². The molecule has 0 aromatic heterocycles. The molecule has 0 fully saturated rings. The van der Waals surface area contributed by atoms with E-state index in [9.17, 15) is 25.9 Å². The van der Waals surface area contributed by atoms with Gasteiger partial charge in [-0.3, -0.25) is 0 Å². The van der Waals surface area contributed by atoms with Gasteiger partial charge in [0.05, 0.1) is 11.4 Å². The van der Waals surface area contributed by atoms with Crippen LogP contribution in [0.1, 0.15) is 17.5 Å². The summed E-state index contributed by atoms with van der Waals surface area (Å²) in [5, 5.41) is 8.37. The van der Waals surface area contributed by atoms with Crippen LogP contribution < -0.4 is 113 Å². The van der Waals surface area contributed by atoms with E-state index in [1.165, 1.54) is 12.1 Å². The Labute approximate surface area is 341 Å². The second-order valence-electron chi connectivity index (χ2n) is 9.91. The molecule has 0 amide bonds. The van der Waals surface area contributed by atoms with E-state index >= 15 is 0 Å². The smallest absolute Gasteiger partial charge is 0.746 e. The van der Waals surface area contributed by atoms with Gasteiger partial charge in [-0.25, -0.2) is 16.8 Å². The van der Waals surface area contributed by atoms with Crippen LogP contribution in [-0.4, -0.2) is 25.9 Å². The fourth-order valence-electron chi connectivity index (χ4n) is 5.52. The molecule has 44 heavy (non-hydrogen) atoms. The average molecular weight is 675 g/mol. The van der Waals surface area contributed by atoms with E-state index in [2.05, 4.69) is 10.6 Å². The van der Waals surface area contributed by atoms with Gasteiger partial charge in [-0.1, -0.05) is 91.0 Å². The van der Waals surface area contributed by atoms with Crippen molar-refractivity contribution >= 4 is 59.8 Å². The molecule has 0 bridgehead atoms. The Morgan fingerprint density at radius 1 is 0.659 bits per heavy atom. The fourth-order valence-corrected chi connectivity index (χ4v) is 8.00. The quantitative estimate of drug-likeness (QED) is 0.190. The molecule has 1 aliphatic rings. The van der Waals surface area contributed by atoms with Crippen molar-refractivity contribution < 1.29 is 129 Å². The predicted octanol–water partition coefficient (Wildman–Crippen LogP) is 0.662. The monoisotopic (exact) mass is 674 g/mol. The van der Waals surface area contributed by atoms with Crippen LogP contribution in [0.15, 0.2) is 115 Å². The fraction of sp³-hybridized carbons (Fsp3) is 0.0625. The Kier molecular flexibility index (Phi) is 11.6. The number of hydrogen-bond donors (Lipinski definition) is 2. The van der Waals surface area contributed by atoms with Gasteiger partial charge in [0, 0.05) is 23.4 Å². The SMILES string of the molecule is O=S(=O)([O-])C1(S(=O)(=O)[O-])CC=Cc2c1cc(Nc1ccccc1)c(Nc1ccccc1)c2-c1cccc2ccccc12.[K+].[K+]. The number of allylic oxidation sites excluding steroid dienone is 1. The Bertz CT molecular complexity index is 2040. The molecule has 0 saturated carbocycles. The molecular weight excluding hydrogens is 651 g/mol. The summed E-state index contributed by atoms with van der Waals surface area (Å²) in [6.45, 7) is 0. The molecule has 2 N–H and O–H groups in total. The minimum atomic E-state index is -5.71. The predicted molar refractivity (Wildman–Crippen MR) is 164 cm³/mol. The van der Waals surface area contributed by atoms with Crippen molar-refractivity contribution in [2.75, 3.05) is 10.6 Å². The zero-order valence-corrected chi connectivity index (χ0v) is 31.9. The molecule has 0 atom stereocenters. The molecule has 0 aliphatic heterocycles. The van der Waals surface area contributed by atoms with Crippen molar-refractivity contribution in [3.8, 4) is 11.1 Å². The first-order valence-corrected chi connectivity index (χ1v) is 15.8. The summed E-state index contributed by atoms with van der Waals surface area (Å²) < 4.78 is 73.7. The van der Waals surface area contributed by atoms with Gasteiger partial charge in [0.2, 0.25) is 0 Å². The van der Waals surface area contributed by atoms with Crippen LogP contribution in [0.4, 0.5) is 22.7 Å². The Balaban J connectivity index is 0.00000221. The first-order valence-electron chi connectivity index (χ1n) is 13.0. The second kappa shape index (κ2) is 14.3. The van der Waals surface area contributed by atoms with Gasteiger partial charge in [-0.2, -0.15) is 0 Å². The van der Waals surface area contributed by atoms with E-state index in [0.29, 0.717) is 28.2 Å². The third kappa shape index (κ3) is 6.62. The molecule has 8 nitrogen and oxygen atoms in total. The summed E-state index contributed by atoms with van der Waals surface area (Å²) in [4.78, 5) is 0. The normalized spacial score (nSPS) is 13.7. The molecule has 0 spiro atoms. The van der Waals surface area contributed by atoms with Gasteiger partial charge in [0.1, 0.15) is 20.2 Å². The van der Waals surface area contributed by atoms with Crippen LogP contribution in [-0.2, 0) is 24.3 Å². The molecule has 5 aromatic rings. The number of benzene rings is 5. The maximum absolute atomic E-state index is 12.8. The number of fused-ring (bicyclic) bond motifs is 2. The van der Waals surface area contributed by atoms with Crippen molar-refractivity contribution in [1.29, 1.82) is 0 Å². The molecule has 0 unspecified atom stereocenters. The third-order valence-electron chi connectivity index (χ3n) is 7.41. The molecule has 1 aliphatic carbocycles. The molecule has 212 valence electrons. The van der Waals surface area contributed by atoms with Crippen LogP contribution in [0, 0.1) is 0 Å². The van der Waals surface area contributed by atoms with E-state index in [4.69, 9.17) is 0 Å². The van der Waals surface area contributed by atoms with Crippen molar-refractivity contribution in [3.05, 3.63) is 126 Å². The van der Waals surface area contributed by atoms with E-state index in [-0.39, 0.29) is 114 Å². The Morgan fingerprint density at radius 2 is 1.20 bits per heavy atom. The van der Waals surface area contributed by atoms with Crippen molar-refractivity contribution in [2.45, 2.75) is 10.5 Å². The van der Waals surface area contributed by atoms with Crippen molar-refractivity contribution in [2.24, 2.45) is 0 Å². The summed E-state index contributed by atoms with van der Waals surface area (Å²) in [6, 6.07) is 32.7. The van der Waals surface area contributed by atoms with Crippen LogP contribution in [0.25, 0.3) is 28.0 Å². The minimum Gasteiger partial charge on any atom is -0.746 e. The van der Waals surface area contributed by atoms with Gasteiger partial charge in [-0.05, 0) is 57.8 Å². The average Bonchev–Trinajstić information content (AvgIpc) is 2.97. The molecule has 5 aromatic carbocycles. The number of hydrogen-bond acceptors (Lipinski definition) is 8. The molecular formula is C32H24K2N2O6S2. The van der Waals surface area contributed by atoms with Crippen LogP contribution >= 0.6 is 0 Å². The van der Waals surface area contributed by atoms with Gasteiger partial charge in [-0.15, -0.1) is 0 Å². The molecule has 0 saturated heterocycles. The first kappa shape index (κ1) is 35.6. The second-order valence-corrected chi connectivity index (χ2v) is 13.4. The topological polar surface area (TPSA) is 138 Å². The summed E-state index contributed by atoms with van der Waals surface area (Å²) in [5.41, 5.74) is 2.92. The largest absolute Gasteiger partial charge is 1.00 e. The molecule has 6 rings (SSSR count). The summed E-state index contributed by atoms with van der Waals surface area (Å²) in [7, 11) is -11.4. The zero-order chi connectivity index (χ0) is 29.5. The third-order valence-corrected chi connectivity index (χ3v) is 11.0. The van der Waals surface area contributed by atoms with Crippen LogP contribution in [0.5, 0.6) is 0 Å². The zero-order valence-electron chi connectivity index (χ0n) is 24.0. The standard InChI is InChI=1S/C32H26N2O6S2.2K/c35-41(36,37)32(42(38,39)40)20-10-19-27-28(32)21-29(33-23-13-3-1-4-14-23)31(34-24-15-5-2-6-16-24)30(27)26-18-9-12-22-11-7-8-17-25(22)26;;/h1-19,21,33-34H,20H2,(H,35,36,37)(H,38,39,40);;/q;2*+1/p-2. The van der Waals surface area contributed by atoms with Gasteiger partial charge >= 0.3 is 103 Å². The van der Waals surface area contributed by atoms with Gasteiger partial charge in [0.25, 0.3) is 0 Å². The first-order chi connectivity index (χ1) is 20.1. The summed E-state index contributed by atoms with van der Waals surface area (Å²) >= 11 is 0. The van der Waals surface area contributed by atoms with Gasteiger partial charge in [0.15, 0.2) is 4.08 Å². The molecule has 0 radical (unpaired) electrons. The minimum absolute atomic E-state index is 0. The number of rotatable bonds is 7. The van der Waals surface area contributed by atoms with E-state index in [0.717, 1.165) is 10.8 Å². The molecule has 0 heterocycles. The van der Waals surface area contributed by atoms with E-state index in [1.807, 2.05) is 78.9 Å². The summed E-state index contributed by atoms with van der Waals surface area (Å²) in [6.07, 6.45) is 2.03. The Morgan fingerprint density at radius 3 is 1.82 bits per heavy atom. The number of anilines is 4. The van der Waals surface area contributed by atoms with Crippen molar-refractivity contribution in [3.63, 3.8) is 0 Å². The van der Waals surface area contributed by atoms with Crippen LogP contribution in [0.2, 0.25) is 0 Å². The van der Waals surface area contributed by atoms with Crippen molar-refractivity contribution in [1.82, 2.24) is 0 Å². The maximum atomic E-state index is 12.8. The van der Waals surface area contributed by atoms with Crippen LogP contribution in [0.3, 0.4) is 0 Å². The number of nitrogens with one attached hydrogen (secondary N) is 2. The van der Waals surface area contributed by atoms with E-state index in [1.54, 1.807) is 30.3 Å². The van der Waals surface area contributed by atoms with E-state index < -0.39 is 36.3 Å².